The van der Waals surface area contributed by atoms with Gasteiger partial charge in [0.1, 0.15) is 13.0 Å². The van der Waals surface area contributed by atoms with Crippen molar-refractivity contribution < 1.29 is 4.74 Å². The molecule has 1 aliphatic carbocycles. The Hall–Kier alpha value is -1.82. The molecule has 1 aliphatic rings. The molecule has 3 nitrogen and oxygen atoms in total. The molecule has 18 heavy (non-hydrogen) atoms. The Kier molecular flexibility index (Phi) is 3.99. The highest BCUT2D eigenvalue weighted by Crippen LogP contribution is 2.36. The van der Waals surface area contributed by atoms with Crippen LogP contribution in [0.15, 0.2) is 30.3 Å². The van der Waals surface area contributed by atoms with Crippen molar-refractivity contribution in [1.82, 2.24) is 0 Å². The van der Waals surface area contributed by atoms with Crippen molar-refractivity contribution in [2.24, 2.45) is 0 Å². The monoisotopic (exact) mass is 242 g/mol. The van der Waals surface area contributed by atoms with Crippen LogP contribution < -0.4 is 0 Å². The molecule has 0 bridgehead atoms. The van der Waals surface area contributed by atoms with Gasteiger partial charge in [0.25, 0.3) is 0 Å². The highest BCUT2D eigenvalue weighted by atomic mass is 16.5. The van der Waals surface area contributed by atoms with Crippen LogP contribution in [-0.2, 0) is 11.3 Å². The topological polar surface area (TPSA) is 37.4 Å². The van der Waals surface area contributed by atoms with Crippen LogP contribution in [0.25, 0.3) is 4.85 Å². The van der Waals surface area contributed by atoms with Gasteiger partial charge in [-0.1, -0.05) is 30.3 Å². The standard InChI is InChI=1S/C15H18N2O/c1-17-15(9-5-6-10-15)11-14(16)18-12-13-7-3-2-4-8-13/h2-4,7-8,16H,5-6,9-12H2. The quantitative estimate of drug-likeness (QED) is 0.486. The predicted octanol–water partition coefficient (Wildman–Crippen LogP) is 3.80. The molecule has 0 amide bonds. The van der Waals surface area contributed by atoms with Gasteiger partial charge in [-0.15, -0.1) is 0 Å². The van der Waals surface area contributed by atoms with Crippen LogP contribution >= 0.6 is 0 Å². The zero-order valence-corrected chi connectivity index (χ0v) is 10.5. The lowest BCUT2D eigenvalue weighted by molar-refractivity contribution is 0.272. The number of hydrogen-bond acceptors (Lipinski definition) is 2. The van der Waals surface area contributed by atoms with Crippen molar-refractivity contribution in [3.63, 3.8) is 0 Å². The minimum atomic E-state index is -0.353. The molecule has 3 heteroatoms. The Labute approximate surface area is 108 Å². The second kappa shape index (κ2) is 5.68. The summed E-state index contributed by atoms with van der Waals surface area (Å²) in [6.07, 6.45) is 4.49. The zero-order valence-electron chi connectivity index (χ0n) is 10.5. The van der Waals surface area contributed by atoms with E-state index in [2.05, 4.69) is 4.85 Å². The van der Waals surface area contributed by atoms with Gasteiger partial charge in [0.15, 0.2) is 5.90 Å². The molecule has 0 spiro atoms. The molecular formula is C15H18N2O. The average molecular weight is 242 g/mol. The molecule has 2 rings (SSSR count). The number of rotatable bonds is 4. The molecule has 0 radical (unpaired) electrons. The summed E-state index contributed by atoms with van der Waals surface area (Å²) in [5, 5.41) is 7.87. The fourth-order valence-corrected chi connectivity index (χ4v) is 2.46. The Balaban J connectivity index is 1.84. The molecule has 0 unspecified atom stereocenters. The van der Waals surface area contributed by atoms with Crippen molar-refractivity contribution in [1.29, 1.82) is 5.41 Å². The molecule has 0 aromatic heterocycles. The molecular weight excluding hydrogens is 224 g/mol. The van der Waals surface area contributed by atoms with Gasteiger partial charge in [-0.25, -0.2) is 6.57 Å². The van der Waals surface area contributed by atoms with Crippen LogP contribution in [0.2, 0.25) is 0 Å². The second-order valence-corrected chi connectivity index (χ2v) is 4.92. The van der Waals surface area contributed by atoms with Crippen molar-refractivity contribution >= 4 is 5.90 Å². The molecule has 94 valence electrons. The largest absolute Gasteiger partial charge is 0.476 e. The summed E-state index contributed by atoms with van der Waals surface area (Å²) in [6.45, 7) is 7.73. The van der Waals surface area contributed by atoms with E-state index in [4.69, 9.17) is 16.7 Å². The van der Waals surface area contributed by atoms with Gasteiger partial charge in [-0.05, 0) is 18.4 Å². The van der Waals surface area contributed by atoms with E-state index in [9.17, 15) is 0 Å². The Morgan fingerprint density at radius 3 is 2.56 bits per heavy atom. The molecule has 0 heterocycles. The first-order valence-electron chi connectivity index (χ1n) is 6.37. The van der Waals surface area contributed by atoms with Gasteiger partial charge >= 0.3 is 0 Å². The number of benzene rings is 1. The Morgan fingerprint density at radius 2 is 1.94 bits per heavy atom. The van der Waals surface area contributed by atoms with E-state index in [0.29, 0.717) is 13.0 Å². The second-order valence-electron chi connectivity index (χ2n) is 4.92. The SMILES string of the molecule is [C-]#[N+]C1(CC(=N)OCc2ccccc2)CCCC1. The van der Waals surface area contributed by atoms with Crippen LogP contribution in [0.5, 0.6) is 0 Å². The first-order valence-corrected chi connectivity index (χ1v) is 6.37. The van der Waals surface area contributed by atoms with Gasteiger partial charge in [0.05, 0.1) is 0 Å². The number of hydrogen-bond donors (Lipinski definition) is 1. The molecule has 0 aliphatic heterocycles. The van der Waals surface area contributed by atoms with Crippen molar-refractivity contribution in [3.8, 4) is 0 Å². The minimum absolute atomic E-state index is 0.247. The maximum absolute atomic E-state index is 7.87. The zero-order chi connectivity index (χ0) is 12.8. The highest BCUT2D eigenvalue weighted by molar-refractivity contribution is 5.74. The van der Waals surface area contributed by atoms with Crippen molar-refractivity contribution in [3.05, 3.63) is 47.3 Å². The van der Waals surface area contributed by atoms with E-state index in [1.807, 2.05) is 30.3 Å². The number of nitrogens with one attached hydrogen (secondary N) is 1. The third-order valence-electron chi connectivity index (χ3n) is 3.52. The maximum Gasteiger partial charge on any atom is 0.241 e. The molecule has 1 N–H and O–H groups in total. The van der Waals surface area contributed by atoms with E-state index in [1.54, 1.807) is 0 Å². The van der Waals surface area contributed by atoms with Crippen molar-refractivity contribution in [2.45, 2.75) is 44.2 Å². The lowest BCUT2D eigenvalue weighted by atomic mass is 9.94. The molecule has 1 aromatic rings. The highest BCUT2D eigenvalue weighted by Gasteiger charge is 2.41. The lowest BCUT2D eigenvalue weighted by Crippen LogP contribution is -2.25. The molecule has 1 fully saturated rings. The summed E-state index contributed by atoms with van der Waals surface area (Å²) >= 11 is 0. The van der Waals surface area contributed by atoms with Gasteiger partial charge in [0, 0.05) is 12.8 Å². The molecule has 1 saturated carbocycles. The first-order chi connectivity index (χ1) is 8.74. The van der Waals surface area contributed by atoms with Gasteiger partial charge in [-0.3, -0.25) is 5.41 Å². The van der Waals surface area contributed by atoms with Crippen LogP contribution in [-0.4, -0.2) is 11.4 Å². The predicted molar refractivity (Wildman–Crippen MR) is 71.4 cm³/mol. The van der Waals surface area contributed by atoms with Gasteiger partial charge in [0.2, 0.25) is 5.54 Å². The Morgan fingerprint density at radius 1 is 1.28 bits per heavy atom. The van der Waals surface area contributed by atoms with E-state index in [0.717, 1.165) is 31.2 Å². The molecule has 0 saturated heterocycles. The molecule has 1 aromatic carbocycles. The summed E-state index contributed by atoms with van der Waals surface area (Å²) in [5.41, 5.74) is 0.707. The third kappa shape index (κ3) is 3.10. The number of ether oxygens (including phenoxy) is 1. The van der Waals surface area contributed by atoms with Gasteiger partial charge in [-0.2, -0.15) is 0 Å². The molecule has 0 atom stereocenters. The van der Waals surface area contributed by atoms with Gasteiger partial charge < -0.3 is 9.58 Å². The van der Waals surface area contributed by atoms with Crippen LogP contribution in [0, 0.1) is 12.0 Å². The summed E-state index contributed by atoms with van der Waals surface area (Å²) in [5.74, 6) is 0.247. The third-order valence-corrected chi connectivity index (χ3v) is 3.52. The fraction of sp³-hybridized carbons (Fsp3) is 0.467. The fourth-order valence-electron chi connectivity index (χ4n) is 2.46. The van der Waals surface area contributed by atoms with E-state index in [1.165, 1.54) is 0 Å². The van der Waals surface area contributed by atoms with E-state index < -0.39 is 0 Å². The van der Waals surface area contributed by atoms with Crippen LogP contribution in [0.3, 0.4) is 0 Å². The maximum atomic E-state index is 7.87. The smallest absolute Gasteiger partial charge is 0.241 e. The van der Waals surface area contributed by atoms with E-state index in [-0.39, 0.29) is 11.4 Å². The lowest BCUT2D eigenvalue weighted by Gasteiger charge is -2.16. The summed E-state index contributed by atoms with van der Waals surface area (Å²) in [7, 11) is 0. The van der Waals surface area contributed by atoms with E-state index >= 15 is 0 Å². The first kappa shape index (κ1) is 12.6. The summed E-state index contributed by atoms with van der Waals surface area (Å²) in [6, 6.07) is 9.84. The average Bonchev–Trinajstić information content (AvgIpc) is 2.87. The minimum Gasteiger partial charge on any atom is -0.476 e. The summed E-state index contributed by atoms with van der Waals surface area (Å²) < 4.78 is 5.46. The van der Waals surface area contributed by atoms with Crippen LogP contribution in [0.1, 0.15) is 37.7 Å². The normalized spacial score (nSPS) is 17.1. The van der Waals surface area contributed by atoms with Crippen molar-refractivity contribution in [2.75, 3.05) is 0 Å². The summed E-state index contributed by atoms with van der Waals surface area (Å²) in [4.78, 5) is 3.74. The van der Waals surface area contributed by atoms with Crippen LogP contribution in [0.4, 0.5) is 0 Å². The Bertz CT molecular complexity index is 441. The number of nitrogens with zero attached hydrogens (tertiary/aromatic N) is 1.